The van der Waals surface area contributed by atoms with Gasteiger partial charge in [-0.1, -0.05) is 0 Å². The summed E-state index contributed by atoms with van der Waals surface area (Å²) in [5, 5.41) is -0.495. The van der Waals surface area contributed by atoms with Crippen LogP contribution in [-0.4, -0.2) is 55.8 Å². The highest BCUT2D eigenvalue weighted by atomic mass is 32.2. The molecule has 1 fully saturated rings. The number of pyridine rings is 1. The highest BCUT2D eigenvalue weighted by Crippen LogP contribution is 2.21. The first-order chi connectivity index (χ1) is 8.93. The summed E-state index contributed by atoms with van der Waals surface area (Å²) in [6, 6.07) is 2.36. The molecule has 0 aliphatic carbocycles. The Morgan fingerprint density at radius 1 is 1.53 bits per heavy atom. The van der Waals surface area contributed by atoms with Gasteiger partial charge >= 0.3 is 0 Å². The van der Waals surface area contributed by atoms with Gasteiger partial charge in [0.2, 0.25) is 5.03 Å². The van der Waals surface area contributed by atoms with E-state index in [1.54, 1.807) is 0 Å². The number of likely N-dealkylation sites (tertiary alicyclic amines) is 1. The normalized spacial score (nSPS) is 21.8. The smallest absolute Gasteiger partial charge is 0.263 e. The Morgan fingerprint density at radius 2 is 2.26 bits per heavy atom. The summed E-state index contributed by atoms with van der Waals surface area (Å²) in [4.78, 5) is 5.74. The number of halogens is 1. The standard InChI is InChI=1S/C12H18FN3O2S/c1-15-8-4-5-10(9-15)16(2)19(17,18)12-11(13)6-3-7-14-12/h3,6-7,10H,4-5,8-9H2,1-2H3. The fourth-order valence-electron chi connectivity index (χ4n) is 2.33. The maximum Gasteiger partial charge on any atom is 0.263 e. The van der Waals surface area contributed by atoms with E-state index in [0.717, 1.165) is 25.5 Å². The zero-order valence-electron chi connectivity index (χ0n) is 11.1. The van der Waals surface area contributed by atoms with Gasteiger partial charge in [-0.15, -0.1) is 0 Å². The first-order valence-electron chi connectivity index (χ1n) is 6.20. The summed E-state index contributed by atoms with van der Waals surface area (Å²) in [6.45, 7) is 1.62. The van der Waals surface area contributed by atoms with Crippen molar-refractivity contribution in [3.05, 3.63) is 24.1 Å². The molecule has 1 aromatic rings. The van der Waals surface area contributed by atoms with Crippen molar-refractivity contribution in [2.45, 2.75) is 23.9 Å². The van der Waals surface area contributed by atoms with Gasteiger partial charge in [0, 0.05) is 25.8 Å². The van der Waals surface area contributed by atoms with E-state index in [1.807, 2.05) is 7.05 Å². The zero-order chi connectivity index (χ0) is 14.0. The van der Waals surface area contributed by atoms with Gasteiger partial charge in [-0.05, 0) is 38.6 Å². The molecule has 1 unspecified atom stereocenters. The maximum atomic E-state index is 13.6. The molecule has 0 radical (unpaired) electrons. The van der Waals surface area contributed by atoms with Crippen LogP contribution in [0.4, 0.5) is 4.39 Å². The van der Waals surface area contributed by atoms with Gasteiger partial charge in [0.1, 0.15) is 0 Å². The average Bonchev–Trinajstić information content (AvgIpc) is 2.38. The number of aromatic nitrogens is 1. The Balaban J connectivity index is 2.27. The molecular weight excluding hydrogens is 269 g/mol. The summed E-state index contributed by atoms with van der Waals surface area (Å²) >= 11 is 0. The molecule has 0 spiro atoms. The SMILES string of the molecule is CN1CCCC(N(C)S(=O)(=O)c2ncccc2F)C1. The lowest BCUT2D eigenvalue weighted by molar-refractivity contribution is 0.187. The number of hydrogen-bond acceptors (Lipinski definition) is 4. The largest absolute Gasteiger partial charge is 0.305 e. The van der Waals surface area contributed by atoms with Gasteiger partial charge in [-0.25, -0.2) is 17.8 Å². The van der Waals surface area contributed by atoms with Crippen molar-refractivity contribution in [2.24, 2.45) is 0 Å². The zero-order valence-corrected chi connectivity index (χ0v) is 11.9. The molecule has 0 aromatic carbocycles. The van der Waals surface area contributed by atoms with E-state index in [1.165, 1.54) is 23.6 Å². The lowest BCUT2D eigenvalue weighted by atomic mass is 10.1. The third-order valence-electron chi connectivity index (χ3n) is 3.46. The molecule has 1 aromatic heterocycles. The fraction of sp³-hybridized carbons (Fsp3) is 0.583. The minimum absolute atomic E-state index is 0.134. The monoisotopic (exact) mass is 287 g/mol. The molecule has 0 N–H and O–H groups in total. The van der Waals surface area contributed by atoms with Crippen molar-refractivity contribution in [3.63, 3.8) is 0 Å². The number of piperidine rings is 1. The van der Waals surface area contributed by atoms with Crippen LogP contribution in [0.15, 0.2) is 23.4 Å². The molecule has 1 aliphatic heterocycles. The van der Waals surface area contributed by atoms with E-state index in [2.05, 4.69) is 9.88 Å². The van der Waals surface area contributed by atoms with Crippen LogP contribution in [0, 0.1) is 5.82 Å². The summed E-state index contributed by atoms with van der Waals surface area (Å²) < 4.78 is 39.6. The number of nitrogens with zero attached hydrogens (tertiary/aromatic N) is 3. The summed E-state index contributed by atoms with van der Waals surface area (Å²) in [6.07, 6.45) is 3.01. The lowest BCUT2D eigenvalue weighted by Gasteiger charge is -2.34. The Bertz CT molecular complexity index is 550. The molecule has 2 rings (SSSR count). The number of rotatable bonds is 3. The number of sulfonamides is 1. The molecule has 106 valence electrons. The highest BCUT2D eigenvalue weighted by molar-refractivity contribution is 7.89. The Kier molecular flexibility index (Phi) is 4.17. The van der Waals surface area contributed by atoms with Crippen LogP contribution in [0.3, 0.4) is 0 Å². The van der Waals surface area contributed by atoms with Crippen LogP contribution in [0.5, 0.6) is 0 Å². The molecule has 1 saturated heterocycles. The first-order valence-corrected chi connectivity index (χ1v) is 7.64. The van der Waals surface area contributed by atoms with Crippen LogP contribution >= 0.6 is 0 Å². The van der Waals surface area contributed by atoms with Crippen LogP contribution < -0.4 is 0 Å². The molecule has 19 heavy (non-hydrogen) atoms. The molecule has 0 bridgehead atoms. The molecule has 7 heteroatoms. The van der Waals surface area contributed by atoms with E-state index >= 15 is 0 Å². The minimum atomic E-state index is -3.87. The third kappa shape index (κ3) is 2.93. The van der Waals surface area contributed by atoms with E-state index in [-0.39, 0.29) is 6.04 Å². The second-order valence-electron chi connectivity index (χ2n) is 4.87. The van der Waals surface area contributed by atoms with Gasteiger partial charge in [0.25, 0.3) is 10.0 Å². The van der Waals surface area contributed by atoms with Crippen LogP contribution in [-0.2, 0) is 10.0 Å². The minimum Gasteiger partial charge on any atom is -0.305 e. The van der Waals surface area contributed by atoms with Crippen molar-refractivity contribution in [2.75, 3.05) is 27.2 Å². The van der Waals surface area contributed by atoms with E-state index in [0.29, 0.717) is 6.54 Å². The van der Waals surface area contributed by atoms with Crippen LogP contribution in [0.25, 0.3) is 0 Å². The second-order valence-corrected chi connectivity index (χ2v) is 6.78. The predicted octanol–water partition coefficient (Wildman–Crippen LogP) is 0.935. The van der Waals surface area contributed by atoms with Gasteiger partial charge in [0.05, 0.1) is 0 Å². The molecular formula is C12H18FN3O2S. The molecule has 1 atom stereocenters. The first kappa shape index (κ1) is 14.4. The summed E-state index contributed by atoms with van der Waals surface area (Å²) in [5.74, 6) is -0.807. The summed E-state index contributed by atoms with van der Waals surface area (Å²) in [5.41, 5.74) is 0. The lowest BCUT2D eigenvalue weighted by Crippen LogP contribution is -2.47. The van der Waals surface area contributed by atoms with Gasteiger partial charge < -0.3 is 4.90 Å². The van der Waals surface area contributed by atoms with E-state index in [4.69, 9.17) is 0 Å². The average molecular weight is 287 g/mol. The molecule has 5 nitrogen and oxygen atoms in total. The Morgan fingerprint density at radius 3 is 2.89 bits per heavy atom. The molecule has 0 saturated carbocycles. The van der Waals surface area contributed by atoms with Crippen LogP contribution in [0.1, 0.15) is 12.8 Å². The quantitative estimate of drug-likeness (QED) is 0.830. The van der Waals surface area contributed by atoms with Crippen molar-refractivity contribution in [1.82, 2.24) is 14.2 Å². The second kappa shape index (κ2) is 5.52. The van der Waals surface area contributed by atoms with Gasteiger partial charge in [0.15, 0.2) is 5.82 Å². The van der Waals surface area contributed by atoms with E-state index in [9.17, 15) is 12.8 Å². The Labute approximate surface area is 113 Å². The van der Waals surface area contributed by atoms with Gasteiger partial charge in [-0.2, -0.15) is 4.31 Å². The Hall–Kier alpha value is -1.05. The van der Waals surface area contributed by atoms with Crippen molar-refractivity contribution >= 4 is 10.0 Å². The molecule has 1 aliphatic rings. The van der Waals surface area contributed by atoms with Crippen molar-refractivity contribution in [1.29, 1.82) is 0 Å². The molecule has 0 amide bonds. The third-order valence-corrected chi connectivity index (χ3v) is 5.31. The maximum absolute atomic E-state index is 13.6. The predicted molar refractivity (Wildman–Crippen MR) is 69.7 cm³/mol. The molecule has 2 heterocycles. The van der Waals surface area contributed by atoms with Crippen molar-refractivity contribution < 1.29 is 12.8 Å². The van der Waals surface area contributed by atoms with E-state index < -0.39 is 20.9 Å². The van der Waals surface area contributed by atoms with Gasteiger partial charge in [-0.3, -0.25) is 0 Å². The number of likely N-dealkylation sites (N-methyl/N-ethyl adjacent to an activating group) is 2. The summed E-state index contributed by atoms with van der Waals surface area (Å²) in [7, 11) is -0.426. The fourth-order valence-corrected chi connectivity index (χ4v) is 3.68. The topological polar surface area (TPSA) is 53.5 Å². The number of hydrogen-bond donors (Lipinski definition) is 0. The highest BCUT2D eigenvalue weighted by Gasteiger charge is 2.33. The van der Waals surface area contributed by atoms with Crippen molar-refractivity contribution in [3.8, 4) is 0 Å². The van der Waals surface area contributed by atoms with Crippen LogP contribution in [0.2, 0.25) is 0 Å².